The van der Waals surface area contributed by atoms with Crippen LogP contribution < -0.4 is 54.0 Å². The van der Waals surface area contributed by atoms with Crippen molar-refractivity contribution < 1.29 is 73.2 Å². The van der Waals surface area contributed by atoms with E-state index in [1.165, 1.54) is 13.8 Å². The largest absolute Gasteiger partial charge is 0.481 e. The Balaban J connectivity index is 6.22. The van der Waals surface area contributed by atoms with E-state index in [1.54, 1.807) is 41.5 Å². The number of aliphatic hydroxyl groups is 1. The number of carboxylic acids is 3. The molecular weight excluding hydrogens is 873 g/mol. The molecule has 0 spiro atoms. The molecule has 0 aliphatic carbocycles. The summed E-state index contributed by atoms with van der Waals surface area (Å²) in [5.74, 6) is -13.3. The second kappa shape index (κ2) is 29.6. The van der Waals surface area contributed by atoms with Gasteiger partial charge in [-0.25, -0.2) is 4.79 Å². The van der Waals surface area contributed by atoms with E-state index in [2.05, 4.69) is 42.5 Å². The summed E-state index contributed by atoms with van der Waals surface area (Å²) in [6, 6.07) is -12.9. The number of carboxylic acid groups (broad SMARTS) is 3. The summed E-state index contributed by atoms with van der Waals surface area (Å²) in [7, 11) is 0. The molecule has 0 rings (SSSR count). The number of carbonyl (C=O) groups is 11. The summed E-state index contributed by atoms with van der Waals surface area (Å²) >= 11 is 0. The molecule has 25 nitrogen and oxygen atoms in total. The second-order valence-corrected chi connectivity index (χ2v) is 17.2. The van der Waals surface area contributed by atoms with E-state index in [4.69, 9.17) is 16.6 Å². The van der Waals surface area contributed by atoms with Gasteiger partial charge in [0.05, 0.1) is 18.6 Å². The summed E-state index contributed by atoms with van der Waals surface area (Å²) in [5, 5.41) is 57.8. The van der Waals surface area contributed by atoms with Gasteiger partial charge in [0.15, 0.2) is 0 Å². The fourth-order valence-corrected chi connectivity index (χ4v) is 6.10. The first-order valence-corrected chi connectivity index (χ1v) is 21.8. The van der Waals surface area contributed by atoms with Crippen molar-refractivity contribution in [2.24, 2.45) is 29.2 Å². The molecule has 0 saturated heterocycles. The molecule has 8 amide bonds. The smallest absolute Gasteiger partial charge is 0.326 e. The first kappa shape index (κ1) is 60.1. The van der Waals surface area contributed by atoms with Crippen LogP contribution in [0, 0.1) is 17.8 Å². The predicted octanol–water partition coefficient (Wildman–Crippen LogP) is -3.48. The van der Waals surface area contributed by atoms with Crippen LogP contribution in [0.4, 0.5) is 0 Å². The maximum Gasteiger partial charge on any atom is 0.326 e. The molecule has 16 N–H and O–H groups in total. The van der Waals surface area contributed by atoms with Gasteiger partial charge in [-0.2, -0.15) is 0 Å². The van der Waals surface area contributed by atoms with Crippen molar-refractivity contribution in [3.05, 3.63) is 0 Å². The zero-order valence-electron chi connectivity index (χ0n) is 39.1. The third-order valence-corrected chi connectivity index (χ3v) is 9.92. The number of nitrogens with two attached hydrogens (primary N) is 2. The maximum atomic E-state index is 13.6. The molecule has 66 heavy (non-hydrogen) atoms. The number of nitrogens with one attached hydrogen (secondary N) is 8. The molecule has 376 valence electrons. The Bertz CT molecular complexity index is 1710. The lowest BCUT2D eigenvalue weighted by molar-refractivity contribution is -0.144. The number of rotatable bonds is 31. The van der Waals surface area contributed by atoms with Crippen LogP contribution in [-0.4, -0.2) is 153 Å². The van der Waals surface area contributed by atoms with E-state index in [-0.39, 0.29) is 31.7 Å². The Kier molecular flexibility index (Phi) is 26.9. The molecule has 0 aromatic carbocycles. The van der Waals surface area contributed by atoms with E-state index >= 15 is 0 Å². The molecule has 0 bridgehead atoms. The summed E-state index contributed by atoms with van der Waals surface area (Å²) < 4.78 is 0. The Morgan fingerprint density at radius 3 is 1.38 bits per heavy atom. The zero-order valence-corrected chi connectivity index (χ0v) is 39.1. The zero-order chi connectivity index (χ0) is 51.2. The number of hydrogen-bond acceptors (Lipinski definition) is 14. The summed E-state index contributed by atoms with van der Waals surface area (Å²) in [6.07, 6.45) is -2.74. The molecule has 0 aliphatic heterocycles. The van der Waals surface area contributed by atoms with Crippen LogP contribution in [0.3, 0.4) is 0 Å². The van der Waals surface area contributed by atoms with Crippen LogP contribution in [0.25, 0.3) is 0 Å². The standard InChI is InChI=1S/C41H72N10O15/c1-18(2)16-26(47-35(59)25(13-14-28(53)54)45-33(57)21(7)43)38(62)51-32(23(9)52)40(64)48-27(17-29(55)56)37(61)44-22(8)34(58)49-30(19(3)4)39(63)46-24(12-10-11-15-42)36(60)50-31(20(5)6)41(65)66/h18-27,30-32,52H,10-17,42-43H2,1-9H3,(H,44,61)(H,45,57)(H,46,63)(H,47,59)(H,48,64)(H,49,58)(H,50,60)(H,51,62)(H,53,54)(H,55,56)(H,65,66)/t21-,22-,23+,24-,25-,26-,27-,30-,31-,32-/m0/s1. The van der Waals surface area contributed by atoms with Crippen LogP contribution in [0.5, 0.6) is 0 Å². The molecule has 25 heteroatoms. The second-order valence-electron chi connectivity index (χ2n) is 17.2. The summed E-state index contributed by atoms with van der Waals surface area (Å²) in [5.41, 5.74) is 11.2. The lowest BCUT2D eigenvalue weighted by atomic mass is 10.0. The molecule has 0 aromatic heterocycles. The molecule has 0 aromatic rings. The quantitative estimate of drug-likeness (QED) is 0.0300. The molecule has 0 heterocycles. The molecular formula is C41H72N10O15. The third-order valence-electron chi connectivity index (χ3n) is 9.92. The average molecular weight is 945 g/mol. The maximum absolute atomic E-state index is 13.6. The SMILES string of the molecule is CC(C)C[C@H](NC(=O)[C@H](CCC(=O)O)NC(=O)[C@H](C)N)C(=O)N[C@H](C(=O)N[C@@H](CC(=O)O)C(=O)N[C@@H](C)C(=O)N[C@H](C(=O)N[C@@H](CCCCN)C(=O)N[C@H](C(=O)O)C(C)C)C(C)C)[C@@H](C)O. The van der Waals surface area contributed by atoms with Crippen molar-refractivity contribution >= 4 is 65.2 Å². The van der Waals surface area contributed by atoms with Crippen LogP contribution in [-0.2, 0) is 52.7 Å². The minimum absolute atomic E-state index is 0.0574. The van der Waals surface area contributed by atoms with E-state index in [0.717, 1.165) is 6.92 Å². The highest BCUT2D eigenvalue weighted by atomic mass is 16.4. The van der Waals surface area contributed by atoms with Crippen LogP contribution in [0.15, 0.2) is 0 Å². The number of hydrogen-bond donors (Lipinski definition) is 14. The molecule has 0 aliphatic rings. The van der Waals surface area contributed by atoms with Crippen LogP contribution in [0.2, 0.25) is 0 Å². The van der Waals surface area contributed by atoms with Crippen LogP contribution in [0.1, 0.15) is 107 Å². The molecule has 10 atom stereocenters. The van der Waals surface area contributed by atoms with Crippen molar-refractivity contribution in [1.29, 1.82) is 0 Å². The number of aliphatic hydroxyl groups excluding tert-OH is 1. The predicted molar refractivity (Wildman–Crippen MR) is 235 cm³/mol. The summed E-state index contributed by atoms with van der Waals surface area (Å²) in [6.45, 7) is 13.6. The topological polar surface area (TPSA) is 417 Å². The first-order valence-electron chi connectivity index (χ1n) is 21.8. The van der Waals surface area contributed by atoms with Gasteiger partial charge in [0.2, 0.25) is 47.3 Å². The lowest BCUT2D eigenvalue weighted by Gasteiger charge is -2.29. The molecule has 0 fully saturated rings. The van der Waals surface area contributed by atoms with Gasteiger partial charge in [-0.1, -0.05) is 41.5 Å². The fraction of sp³-hybridized carbons (Fsp3) is 0.732. The lowest BCUT2D eigenvalue weighted by Crippen LogP contribution is -2.62. The monoisotopic (exact) mass is 945 g/mol. The van der Waals surface area contributed by atoms with Gasteiger partial charge < -0.3 is 74.4 Å². The molecule has 0 unspecified atom stereocenters. The number of amides is 8. The third kappa shape index (κ3) is 22.3. The number of carbonyl (C=O) groups excluding carboxylic acids is 8. The Labute approximate surface area is 383 Å². The van der Waals surface area contributed by atoms with Crippen LogP contribution >= 0.6 is 0 Å². The minimum Gasteiger partial charge on any atom is -0.481 e. The van der Waals surface area contributed by atoms with Gasteiger partial charge in [-0.05, 0) is 77.2 Å². The van der Waals surface area contributed by atoms with Gasteiger partial charge in [0.1, 0.15) is 48.3 Å². The Hall–Kier alpha value is -5.95. The van der Waals surface area contributed by atoms with E-state index in [1.807, 2.05) is 0 Å². The van der Waals surface area contributed by atoms with Crippen molar-refractivity contribution in [2.45, 2.75) is 168 Å². The average Bonchev–Trinajstić information content (AvgIpc) is 3.19. The molecule has 0 saturated carbocycles. The normalized spacial score (nSPS) is 15.8. The number of aliphatic carboxylic acids is 3. The van der Waals surface area contributed by atoms with Gasteiger partial charge in [-0.3, -0.25) is 47.9 Å². The van der Waals surface area contributed by atoms with Gasteiger partial charge in [0, 0.05) is 6.42 Å². The minimum atomic E-state index is -1.91. The van der Waals surface area contributed by atoms with E-state index in [0.29, 0.717) is 12.8 Å². The first-order chi connectivity index (χ1) is 30.5. The van der Waals surface area contributed by atoms with E-state index < -0.39 is 150 Å². The van der Waals surface area contributed by atoms with Crippen molar-refractivity contribution in [1.82, 2.24) is 42.5 Å². The highest BCUT2D eigenvalue weighted by molar-refractivity contribution is 5.99. The van der Waals surface area contributed by atoms with Gasteiger partial charge >= 0.3 is 17.9 Å². The molecule has 0 radical (unpaired) electrons. The summed E-state index contributed by atoms with van der Waals surface area (Å²) in [4.78, 5) is 141. The Morgan fingerprint density at radius 1 is 0.470 bits per heavy atom. The van der Waals surface area contributed by atoms with Crippen molar-refractivity contribution in [3.63, 3.8) is 0 Å². The number of unbranched alkanes of at least 4 members (excludes halogenated alkanes) is 1. The van der Waals surface area contributed by atoms with Crippen molar-refractivity contribution in [3.8, 4) is 0 Å². The Morgan fingerprint density at radius 2 is 0.909 bits per heavy atom. The van der Waals surface area contributed by atoms with Crippen molar-refractivity contribution in [2.75, 3.05) is 6.54 Å². The van der Waals surface area contributed by atoms with E-state index in [9.17, 15) is 68.1 Å². The highest BCUT2D eigenvalue weighted by Gasteiger charge is 2.37. The van der Waals surface area contributed by atoms with Gasteiger partial charge in [0.25, 0.3) is 0 Å². The highest BCUT2D eigenvalue weighted by Crippen LogP contribution is 2.11. The fourth-order valence-electron chi connectivity index (χ4n) is 6.10. The van der Waals surface area contributed by atoms with Gasteiger partial charge in [-0.15, -0.1) is 0 Å².